The second kappa shape index (κ2) is 5.81. The number of rotatable bonds is 0. The van der Waals surface area contributed by atoms with Gasteiger partial charge in [-0.25, -0.2) is 0 Å². The van der Waals surface area contributed by atoms with Crippen LogP contribution in [0.2, 0.25) is 0 Å². The molecule has 2 N–H and O–H groups in total. The van der Waals surface area contributed by atoms with Gasteiger partial charge in [-0.3, -0.25) is 4.99 Å². The fraction of sp³-hybridized carbons (Fsp3) is 0.143. The van der Waals surface area contributed by atoms with Gasteiger partial charge in [0.1, 0.15) is 0 Å². The molecule has 1 aliphatic rings. The Labute approximate surface area is 88.7 Å². The molecule has 0 aromatic rings. The van der Waals surface area contributed by atoms with Gasteiger partial charge in [-0.2, -0.15) is 0 Å². The summed E-state index contributed by atoms with van der Waals surface area (Å²) in [6.45, 7) is 1.92. The van der Waals surface area contributed by atoms with E-state index in [4.69, 9.17) is 5.73 Å². The van der Waals surface area contributed by atoms with Gasteiger partial charge >= 0.3 is 0 Å². The van der Waals surface area contributed by atoms with E-state index < -0.39 is 0 Å². The maximum absolute atomic E-state index is 5.46. The zero-order valence-corrected chi connectivity index (χ0v) is 9.17. The summed E-state index contributed by atoms with van der Waals surface area (Å²) in [5.41, 5.74) is 7.09. The number of aliphatic imine (C=N–C) groups is 1. The first-order valence-electron chi connectivity index (χ1n) is 2.51. The Bertz CT molecular complexity index is 185. The molecule has 1 aliphatic heterocycles. The Morgan fingerprint density at radius 1 is 1.70 bits per heavy atom. The predicted molar refractivity (Wildman–Crippen MR) is 43.0 cm³/mol. The third-order valence-electron chi connectivity index (χ3n) is 1.04. The van der Waals surface area contributed by atoms with Crippen LogP contribution in [-0.2, 0) is 32.7 Å². The summed E-state index contributed by atoms with van der Waals surface area (Å²) >= 11 is 0. The summed E-state index contributed by atoms with van der Waals surface area (Å²) in [5.74, 6) is 0. The molecule has 1 rings (SSSR count). The van der Waals surface area contributed by atoms with Crippen LogP contribution in [0.25, 0.3) is 0 Å². The van der Waals surface area contributed by atoms with Gasteiger partial charge in [0.2, 0.25) is 0 Å². The molecule has 55 valence electrons. The Morgan fingerprint density at radius 2 is 2.30 bits per heavy atom. The summed E-state index contributed by atoms with van der Waals surface area (Å²) in [6.07, 6.45) is 5.37. The van der Waals surface area contributed by atoms with Crippen molar-refractivity contribution < 1.29 is 34.1 Å². The number of nitrogens with zero attached hydrogens (tertiary/aromatic N) is 1. The standard InChI is InChI=1S/C6H8N2.CH3.Y.H2/c1-2-6-5(7)3-4-8-6;;;/h2-4H,7H2,1H3;1H3;;1H/q;-1;;/b6-2+;;;. The molecule has 1 radical (unpaired) electrons. The first-order valence-corrected chi connectivity index (χ1v) is 2.51. The van der Waals surface area contributed by atoms with E-state index in [1.165, 1.54) is 0 Å². The van der Waals surface area contributed by atoms with E-state index in [0.29, 0.717) is 0 Å². The molecule has 2 nitrogen and oxygen atoms in total. The fourth-order valence-electron chi connectivity index (χ4n) is 0.599. The van der Waals surface area contributed by atoms with Crippen molar-refractivity contribution in [3.63, 3.8) is 0 Å². The van der Waals surface area contributed by atoms with E-state index in [-0.39, 0.29) is 41.6 Å². The van der Waals surface area contributed by atoms with Crippen LogP contribution in [0.15, 0.2) is 28.5 Å². The third kappa shape index (κ3) is 2.76. The Hall–Kier alpha value is 0.0539. The predicted octanol–water partition coefficient (Wildman–Crippen LogP) is 1.51. The molecule has 0 fully saturated rings. The van der Waals surface area contributed by atoms with Crippen LogP contribution in [-0.4, -0.2) is 6.21 Å². The molecule has 0 aliphatic carbocycles. The van der Waals surface area contributed by atoms with Crippen molar-refractivity contribution in [1.82, 2.24) is 0 Å². The zero-order valence-electron chi connectivity index (χ0n) is 6.33. The van der Waals surface area contributed by atoms with Gasteiger partial charge in [0.25, 0.3) is 0 Å². The van der Waals surface area contributed by atoms with Crippen molar-refractivity contribution in [1.29, 1.82) is 0 Å². The number of nitrogens with two attached hydrogens (primary N) is 1. The van der Waals surface area contributed by atoms with Crippen molar-refractivity contribution >= 4 is 6.21 Å². The molecule has 0 aromatic heterocycles. The molecule has 0 saturated carbocycles. The van der Waals surface area contributed by atoms with E-state index >= 15 is 0 Å². The molecular weight excluding hydrogens is 201 g/mol. The van der Waals surface area contributed by atoms with Gasteiger partial charge in [0.05, 0.1) is 11.4 Å². The van der Waals surface area contributed by atoms with Crippen LogP contribution in [0.5, 0.6) is 0 Å². The molecule has 0 saturated heterocycles. The number of allylic oxidation sites excluding steroid dienone is 2. The van der Waals surface area contributed by atoms with Crippen LogP contribution < -0.4 is 5.73 Å². The molecule has 3 heteroatoms. The quantitative estimate of drug-likeness (QED) is 0.610. The second-order valence-corrected chi connectivity index (χ2v) is 1.57. The minimum atomic E-state index is 0. The number of hydrogen-bond donors (Lipinski definition) is 1. The van der Waals surface area contributed by atoms with Crippen molar-refractivity contribution in [2.75, 3.05) is 0 Å². The average Bonchev–Trinajstić information content (AvgIpc) is 2.14. The monoisotopic (exact) mass is 214 g/mol. The van der Waals surface area contributed by atoms with E-state index in [0.717, 1.165) is 11.4 Å². The molecule has 0 amide bonds. The molecule has 0 atom stereocenters. The van der Waals surface area contributed by atoms with Gasteiger partial charge < -0.3 is 13.2 Å². The topological polar surface area (TPSA) is 38.4 Å². The first kappa shape index (κ1) is 12.7. The minimum Gasteiger partial charge on any atom is -0.397 e. The molecule has 0 spiro atoms. The van der Waals surface area contributed by atoms with Crippen molar-refractivity contribution in [2.24, 2.45) is 10.7 Å². The maximum atomic E-state index is 5.46. The normalized spacial score (nSPS) is 17.7. The average molecular weight is 214 g/mol. The first-order chi connectivity index (χ1) is 3.84. The molecule has 1 heterocycles. The smallest absolute Gasteiger partial charge is 0.0816 e. The second-order valence-electron chi connectivity index (χ2n) is 1.57. The fourth-order valence-corrected chi connectivity index (χ4v) is 0.599. The maximum Gasteiger partial charge on any atom is 0.0816 e. The summed E-state index contributed by atoms with van der Waals surface area (Å²) in [5, 5.41) is 0. The van der Waals surface area contributed by atoms with Gasteiger partial charge in [-0.1, -0.05) is 6.08 Å². The van der Waals surface area contributed by atoms with Crippen LogP contribution in [0.1, 0.15) is 8.35 Å². The Morgan fingerprint density at radius 3 is 2.50 bits per heavy atom. The molecule has 0 bridgehead atoms. The molecular formula is C7H13N2Y-. The van der Waals surface area contributed by atoms with Gasteiger partial charge in [0.15, 0.2) is 0 Å². The number of hydrogen-bond acceptors (Lipinski definition) is 2. The molecule has 0 unspecified atom stereocenters. The summed E-state index contributed by atoms with van der Waals surface area (Å²) < 4.78 is 0. The molecule has 10 heavy (non-hydrogen) atoms. The van der Waals surface area contributed by atoms with Gasteiger partial charge in [-0.15, -0.1) is 0 Å². The van der Waals surface area contributed by atoms with E-state index in [9.17, 15) is 0 Å². The molecule has 0 aromatic carbocycles. The third-order valence-corrected chi connectivity index (χ3v) is 1.04. The van der Waals surface area contributed by atoms with Crippen LogP contribution in [0.4, 0.5) is 0 Å². The summed E-state index contributed by atoms with van der Waals surface area (Å²) in [7, 11) is 0. The van der Waals surface area contributed by atoms with Crippen molar-refractivity contribution in [3.05, 3.63) is 31.0 Å². The summed E-state index contributed by atoms with van der Waals surface area (Å²) in [6, 6.07) is 0. The van der Waals surface area contributed by atoms with Crippen LogP contribution >= 0.6 is 0 Å². The SMILES string of the molecule is C/C=C1/N=CC=C1N.[CH3-].[HH].[Y]. The van der Waals surface area contributed by atoms with Crippen LogP contribution in [0.3, 0.4) is 0 Å². The Kier molecular flexibility index (Phi) is 7.38. The zero-order chi connectivity index (χ0) is 5.98. The largest absolute Gasteiger partial charge is 0.397 e. The van der Waals surface area contributed by atoms with Crippen molar-refractivity contribution in [3.8, 4) is 0 Å². The van der Waals surface area contributed by atoms with E-state index in [1.54, 1.807) is 12.3 Å². The van der Waals surface area contributed by atoms with Gasteiger partial charge in [-0.05, 0) is 13.0 Å². The van der Waals surface area contributed by atoms with E-state index in [1.807, 2.05) is 13.0 Å². The van der Waals surface area contributed by atoms with Gasteiger partial charge in [0, 0.05) is 40.4 Å². The summed E-state index contributed by atoms with van der Waals surface area (Å²) in [4.78, 5) is 3.95. The van der Waals surface area contributed by atoms with E-state index in [2.05, 4.69) is 4.99 Å². The minimum absolute atomic E-state index is 0. The Balaban J connectivity index is -0.000000213. The van der Waals surface area contributed by atoms with Crippen LogP contribution in [0, 0.1) is 7.43 Å². The van der Waals surface area contributed by atoms with Crippen molar-refractivity contribution in [2.45, 2.75) is 6.92 Å².